The van der Waals surface area contributed by atoms with E-state index in [2.05, 4.69) is 10.0 Å². The Labute approximate surface area is 161 Å². The molecular formula is C20H26N2O4S. The Balaban J connectivity index is 1.99. The minimum Gasteiger partial charge on any atom is -0.491 e. The van der Waals surface area contributed by atoms with E-state index in [4.69, 9.17) is 4.74 Å². The molecule has 0 spiro atoms. The number of sulfonamides is 1. The van der Waals surface area contributed by atoms with Gasteiger partial charge in [0.2, 0.25) is 15.9 Å². The molecule has 2 rings (SSSR count). The number of hydrogen-bond donors (Lipinski definition) is 2. The van der Waals surface area contributed by atoms with Crippen LogP contribution in [0.15, 0.2) is 53.4 Å². The average molecular weight is 391 g/mol. The summed E-state index contributed by atoms with van der Waals surface area (Å²) >= 11 is 0. The summed E-state index contributed by atoms with van der Waals surface area (Å²) in [5, 5.41) is 2.76. The maximum atomic E-state index is 12.4. The second-order valence-electron chi connectivity index (χ2n) is 6.75. The molecule has 1 amide bonds. The molecule has 0 radical (unpaired) electrons. The fourth-order valence-corrected chi connectivity index (χ4v) is 3.50. The van der Waals surface area contributed by atoms with Gasteiger partial charge >= 0.3 is 0 Å². The lowest BCUT2D eigenvalue weighted by atomic mass is 10.0. The summed E-state index contributed by atoms with van der Waals surface area (Å²) in [4.78, 5) is 12.3. The van der Waals surface area contributed by atoms with Crippen LogP contribution in [-0.4, -0.2) is 27.0 Å². The predicted molar refractivity (Wildman–Crippen MR) is 107 cm³/mol. The molecule has 27 heavy (non-hydrogen) atoms. The monoisotopic (exact) mass is 390 g/mol. The summed E-state index contributed by atoms with van der Waals surface area (Å²) < 4.78 is 32.6. The molecule has 0 aliphatic rings. The summed E-state index contributed by atoms with van der Waals surface area (Å²) in [6.45, 7) is 7.49. The predicted octanol–water partition coefficient (Wildman–Crippen LogP) is 3.51. The topological polar surface area (TPSA) is 84.5 Å². The van der Waals surface area contributed by atoms with E-state index in [-0.39, 0.29) is 23.5 Å². The highest BCUT2D eigenvalue weighted by Crippen LogP contribution is 2.23. The molecule has 0 fully saturated rings. The normalized spacial score (nSPS) is 11.6. The van der Waals surface area contributed by atoms with Gasteiger partial charge < -0.3 is 10.1 Å². The van der Waals surface area contributed by atoms with Gasteiger partial charge in [0.25, 0.3) is 0 Å². The minimum atomic E-state index is -3.79. The van der Waals surface area contributed by atoms with Crippen molar-refractivity contribution in [1.29, 1.82) is 0 Å². The summed E-state index contributed by atoms with van der Waals surface area (Å²) in [5.41, 5.74) is 1.68. The van der Waals surface area contributed by atoms with Crippen LogP contribution in [0.5, 0.6) is 5.75 Å². The number of rotatable bonds is 8. The van der Waals surface area contributed by atoms with Crippen LogP contribution in [0.4, 0.5) is 5.69 Å². The van der Waals surface area contributed by atoms with E-state index >= 15 is 0 Å². The molecule has 0 saturated heterocycles. The second kappa shape index (κ2) is 9.01. The highest BCUT2D eigenvalue weighted by Gasteiger charge is 2.16. The first-order valence-electron chi connectivity index (χ1n) is 8.84. The number of anilines is 1. The lowest BCUT2D eigenvalue weighted by Gasteiger charge is -2.14. The van der Waals surface area contributed by atoms with Gasteiger partial charge in [-0.2, -0.15) is 0 Å². The van der Waals surface area contributed by atoms with Crippen molar-refractivity contribution in [3.63, 3.8) is 0 Å². The van der Waals surface area contributed by atoms with E-state index in [1.807, 2.05) is 45.9 Å². The van der Waals surface area contributed by atoms with Crippen LogP contribution in [0.2, 0.25) is 0 Å². The highest BCUT2D eigenvalue weighted by atomic mass is 32.2. The largest absolute Gasteiger partial charge is 0.491 e. The van der Waals surface area contributed by atoms with Crippen LogP contribution in [0.1, 0.15) is 39.2 Å². The summed E-state index contributed by atoms with van der Waals surface area (Å²) in [7, 11) is -3.79. The molecule has 0 aliphatic heterocycles. The van der Waals surface area contributed by atoms with Gasteiger partial charge in [-0.25, -0.2) is 13.1 Å². The molecule has 0 atom stereocenters. The molecule has 2 aromatic rings. The number of amides is 1. The number of carbonyl (C=O) groups is 1. The Morgan fingerprint density at radius 3 is 2.22 bits per heavy atom. The first-order valence-corrected chi connectivity index (χ1v) is 10.3. The van der Waals surface area contributed by atoms with E-state index < -0.39 is 15.9 Å². The lowest BCUT2D eigenvalue weighted by Crippen LogP contribution is -2.33. The summed E-state index contributed by atoms with van der Waals surface area (Å²) in [6.07, 6.45) is 0.00277. The zero-order chi connectivity index (χ0) is 20.0. The first-order chi connectivity index (χ1) is 12.7. The Hall–Kier alpha value is -2.38. The maximum absolute atomic E-state index is 12.4. The number of benzene rings is 2. The lowest BCUT2D eigenvalue weighted by molar-refractivity contribution is -0.115. The third kappa shape index (κ3) is 6.08. The molecule has 0 aliphatic carbocycles. The second-order valence-corrected chi connectivity index (χ2v) is 8.52. The van der Waals surface area contributed by atoms with Gasteiger partial charge in [-0.3, -0.25) is 4.79 Å². The fourth-order valence-electron chi connectivity index (χ4n) is 2.52. The Kier molecular flexibility index (Phi) is 6.98. The fraction of sp³-hybridized carbons (Fsp3) is 0.350. The quantitative estimate of drug-likeness (QED) is 0.722. The maximum Gasteiger partial charge on any atom is 0.241 e. The van der Waals surface area contributed by atoms with E-state index in [0.717, 1.165) is 5.56 Å². The number of para-hydroxylation sites is 1. The smallest absolute Gasteiger partial charge is 0.241 e. The Bertz CT molecular complexity index is 875. The molecule has 6 nitrogen and oxygen atoms in total. The van der Waals surface area contributed by atoms with Crippen molar-refractivity contribution in [3.05, 3.63) is 54.1 Å². The standard InChI is InChI=1S/C20H26N2O4S/c1-14(2)18-7-5-6-8-19(18)22-20(23)13-21-27(24,25)17-11-9-16(10-12-17)26-15(3)4/h5-12,14-15,21H,13H2,1-4H3,(H,22,23). The van der Waals surface area contributed by atoms with E-state index in [0.29, 0.717) is 11.4 Å². The molecular weight excluding hydrogens is 364 g/mol. The first kappa shape index (κ1) is 20.9. The third-order valence-electron chi connectivity index (χ3n) is 3.79. The van der Waals surface area contributed by atoms with Gasteiger partial charge in [0.15, 0.2) is 0 Å². The van der Waals surface area contributed by atoms with Crippen LogP contribution >= 0.6 is 0 Å². The Morgan fingerprint density at radius 2 is 1.63 bits per heavy atom. The van der Waals surface area contributed by atoms with Gasteiger partial charge in [0.05, 0.1) is 17.5 Å². The molecule has 2 aromatic carbocycles. The molecule has 146 valence electrons. The van der Waals surface area contributed by atoms with Crippen molar-refractivity contribution in [1.82, 2.24) is 4.72 Å². The van der Waals surface area contributed by atoms with E-state index in [9.17, 15) is 13.2 Å². The Morgan fingerprint density at radius 1 is 1.00 bits per heavy atom. The van der Waals surface area contributed by atoms with Crippen molar-refractivity contribution in [3.8, 4) is 5.75 Å². The number of carbonyl (C=O) groups excluding carboxylic acids is 1. The van der Waals surface area contributed by atoms with Crippen molar-refractivity contribution >= 4 is 21.6 Å². The summed E-state index contributed by atoms with van der Waals surface area (Å²) in [5.74, 6) is 0.406. The molecule has 0 bridgehead atoms. The van der Waals surface area contributed by atoms with E-state index in [1.165, 1.54) is 12.1 Å². The van der Waals surface area contributed by atoms with Crippen molar-refractivity contribution in [2.45, 2.75) is 44.6 Å². The molecule has 0 saturated carbocycles. The average Bonchev–Trinajstić information content (AvgIpc) is 2.60. The van der Waals surface area contributed by atoms with Crippen LogP contribution in [0.3, 0.4) is 0 Å². The molecule has 0 aromatic heterocycles. The van der Waals surface area contributed by atoms with Gasteiger partial charge in [-0.05, 0) is 55.7 Å². The van der Waals surface area contributed by atoms with Gasteiger partial charge in [-0.1, -0.05) is 32.0 Å². The van der Waals surface area contributed by atoms with Crippen LogP contribution < -0.4 is 14.8 Å². The molecule has 7 heteroatoms. The highest BCUT2D eigenvalue weighted by molar-refractivity contribution is 7.89. The molecule has 0 heterocycles. The minimum absolute atomic E-state index is 0.00277. The van der Waals surface area contributed by atoms with Crippen molar-refractivity contribution in [2.24, 2.45) is 0 Å². The van der Waals surface area contributed by atoms with Crippen molar-refractivity contribution < 1.29 is 17.9 Å². The van der Waals surface area contributed by atoms with Crippen LogP contribution in [0.25, 0.3) is 0 Å². The van der Waals surface area contributed by atoms with Crippen LogP contribution in [-0.2, 0) is 14.8 Å². The van der Waals surface area contributed by atoms with Gasteiger partial charge in [0.1, 0.15) is 5.75 Å². The van der Waals surface area contributed by atoms with E-state index in [1.54, 1.807) is 18.2 Å². The zero-order valence-corrected chi connectivity index (χ0v) is 16.8. The molecule has 2 N–H and O–H groups in total. The van der Waals surface area contributed by atoms with Crippen molar-refractivity contribution in [2.75, 3.05) is 11.9 Å². The van der Waals surface area contributed by atoms with Crippen LogP contribution in [0, 0.1) is 0 Å². The van der Waals surface area contributed by atoms with Gasteiger partial charge in [0, 0.05) is 5.69 Å². The van der Waals surface area contributed by atoms with Gasteiger partial charge in [-0.15, -0.1) is 0 Å². The number of ether oxygens (including phenoxy) is 1. The number of nitrogens with one attached hydrogen (secondary N) is 2. The number of hydrogen-bond acceptors (Lipinski definition) is 4. The third-order valence-corrected chi connectivity index (χ3v) is 5.20. The molecule has 0 unspecified atom stereocenters. The SMILES string of the molecule is CC(C)Oc1ccc(S(=O)(=O)NCC(=O)Nc2ccccc2C(C)C)cc1. The summed E-state index contributed by atoms with van der Waals surface area (Å²) in [6, 6.07) is 13.5. The zero-order valence-electron chi connectivity index (χ0n) is 16.0.